The van der Waals surface area contributed by atoms with Crippen molar-refractivity contribution in [3.8, 4) is 27.9 Å². The third-order valence-corrected chi connectivity index (χ3v) is 10.5. The first-order chi connectivity index (χ1) is 24.8. The van der Waals surface area contributed by atoms with Crippen molar-refractivity contribution in [2.45, 2.75) is 12.0 Å². The van der Waals surface area contributed by atoms with Crippen LogP contribution in [0, 0.1) is 0 Å². The number of hydrogen-bond donors (Lipinski definition) is 0. The molecule has 50 heavy (non-hydrogen) atoms. The van der Waals surface area contributed by atoms with Gasteiger partial charge in [0.2, 0.25) is 0 Å². The summed E-state index contributed by atoms with van der Waals surface area (Å²) in [5.41, 5.74) is 14.9. The van der Waals surface area contributed by atoms with Crippen LogP contribution in [-0.4, -0.2) is 10.6 Å². The van der Waals surface area contributed by atoms with Gasteiger partial charge in [-0.3, -0.25) is 0 Å². The molecule has 0 saturated heterocycles. The minimum atomic E-state index is 0.177. The second-order valence-electron chi connectivity index (χ2n) is 13.3. The number of benzene rings is 7. The highest BCUT2D eigenvalue weighted by Crippen LogP contribution is 2.49. The van der Waals surface area contributed by atoms with Crippen LogP contribution in [0.5, 0.6) is 0 Å². The number of para-hydroxylation sites is 2. The molecule has 2 aliphatic rings. The fraction of sp³-hybridized carbons (Fsp3) is 0.0417. The van der Waals surface area contributed by atoms with E-state index >= 15 is 0 Å². The van der Waals surface area contributed by atoms with E-state index in [0.717, 1.165) is 0 Å². The normalized spacial score (nSPS) is 16.4. The lowest BCUT2D eigenvalue weighted by molar-refractivity contribution is 0.747. The molecular formula is C48H34N2. The van der Waals surface area contributed by atoms with Gasteiger partial charge >= 0.3 is 0 Å². The molecule has 10 rings (SSSR count). The fourth-order valence-corrected chi connectivity index (χ4v) is 8.19. The molecule has 1 aliphatic heterocycles. The number of hydrogen-bond acceptors (Lipinski definition) is 1. The van der Waals surface area contributed by atoms with E-state index < -0.39 is 0 Å². The van der Waals surface area contributed by atoms with Gasteiger partial charge in [-0.05, 0) is 87.5 Å². The van der Waals surface area contributed by atoms with Crippen molar-refractivity contribution in [1.29, 1.82) is 0 Å². The van der Waals surface area contributed by atoms with Gasteiger partial charge in [-0.25, -0.2) is 0 Å². The minimum absolute atomic E-state index is 0.177. The number of anilines is 2. The summed E-state index contributed by atoms with van der Waals surface area (Å²) in [5.74, 6) is 0.290. The summed E-state index contributed by atoms with van der Waals surface area (Å²) < 4.78 is 2.41. The molecule has 0 N–H and O–H groups in total. The quantitative estimate of drug-likeness (QED) is 0.182. The Hall–Kier alpha value is -6.38. The second kappa shape index (κ2) is 11.6. The van der Waals surface area contributed by atoms with Crippen LogP contribution < -0.4 is 4.90 Å². The lowest BCUT2D eigenvalue weighted by Crippen LogP contribution is -2.29. The Kier molecular flexibility index (Phi) is 6.67. The van der Waals surface area contributed by atoms with Gasteiger partial charge in [-0.15, -0.1) is 0 Å². The molecule has 236 valence electrons. The predicted octanol–water partition coefficient (Wildman–Crippen LogP) is 12.4. The first-order valence-electron chi connectivity index (χ1n) is 17.4. The van der Waals surface area contributed by atoms with Gasteiger partial charge in [0.25, 0.3) is 0 Å². The van der Waals surface area contributed by atoms with Gasteiger partial charge < -0.3 is 9.47 Å². The fourth-order valence-electron chi connectivity index (χ4n) is 8.19. The molecule has 7 aromatic carbocycles. The van der Waals surface area contributed by atoms with E-state index in [4.69, 9.17) is 0 Å². The van der Waals surface area contributed by atoms with Crippen molar-refractivity contribution in [3.05, 3.63) is 205 Å². The highest BCUT2D eigenvalue weighted by Gasteiger charge is 2.38. The Balaban J connectivity index is 1.08. The Labute approximate surface area is 292 Å². The molecule has 0 spiro atoms. The third-order valence-electron chi connectivity index (χ3n) is 10.5. The maximum Gasteiger partial charge on any atom is 0.0635 e. The lowest BCUT2D eigenvalue weighted by atomic mass is 9.86. The van der Waals surface area contributed by atoms with Crippen molar-refractivity contribution >= 4 is 38.8 Å². The number of allylic oxidation sites excluding steroid dienone is 2. The maximum absolute atomic E-state index is 2.54. The van der Waals surface area contributed by atoms with E-state index in [2.05, 4.69) is 204 Å². The zero-order valence-electron chi connectivity index (χ0n) is 27.5. The summed E-state index contributed by atoms with van der Waals surface area (Å²) >= 11 is 0. The van der Waals surface area contributed by atoms with E-state index in [-0.39, 0.29) is 12.0 Å². The topological polar surface area (TPSA) is 8.17 Å². The number of aromatic nitrogens is 1. The molecule has 0 fully saturated rings. The van der Waals surface area contributed by atoms with Gasteiger partial charge in [0.15, 0.2) is 0 Å². The molecule has 0 saturated carbocycles. The minimum Gasteiger partial charge on any atom is -0.333 e. The van der Waals surface area contributed by atoms with Crippen LogP contribution >= 0.6 is 0 Å². The molecule has 1 aromatic heterocycles. The lowest BCUT2D eigenvalue weighted by Gasteiger charge is -2.30. The summed E-state index contributed by atoms with van der Waals surface area (Å²) in [5, 5.41) is 2.53. The first kappa shape index (κ1) is 28.6. The average molecular weight is 639 g/mol. The molecule has 1 aliphatic carbocycles. The predicted molar refractivity (Wildman–Crippen MR) is 210 cm³/mol. The van der Waals surface area contributed by atoms with Gasteiger partial charge in [-0.1, -0.05) is 146 Å². The van der Waals surface area contributed by atoms with E-state index in [9.17, 15) is 0 Å². The van der Waals surface area contributed by atoms with Crippen LogP contribution in [0.4, 0.5) is 11.4 Å². The monoisotopic (exact) mass is 638 g/mol. The standard InChI is InChI=1S/C48H34N2/c1-3-13-33(14-4-1)35-17-11-19-39(29-35)49-46-24-10-8-22-42(46)44-31-37(26-28-47(44)49)38-25-27-43-41-21-7-9-23-45(41)50(48(43)32-38)40-20-12-18-36(30-40)34-15-5-2-6-16-34/h1-32,43,48H. The Morgan fingerprint density at radius 1 is 0.420 bits per heavy atom. The van der Waals surface area contributed by atoms with Crippen molar-refractivity contribution in [2.24, 2.45) is 0 Å². The largest absolute Gasteiger partial charge is 0.333 e. The molecule has 0 amide bonds. The highest BCUT2D eigenvalue weighted by atomic mass is 15.2. The smallest absolute Gasteiger partial charge is 0.0635 e. The zero-order valence-corrected chi connectivity index (χ0v) is 27.5. The van der Waals surface area contributed by atoms with E-state index in [1.54, 1.807) is 0 Å². The number of rotatable bonds is 5. The Morgan fingerprint density at radius 3 is 1.82 bits per heavy atom. The van der Waals surface area contributed by atoms with Gasteiger partial charge in [0.1, 0.15) is 0 Å². The molecule has 2 heteroatoms. The van der Waals surface area contributed by atoms with E-state index in [1.165, 1.54) is 77.8 Å². The molecule has 2 unspecified atom stereocenters. The van der Waals surface area contributed by atoms with Crippen LogP contribution in [0.2, 0.25) is 0 Å². The molecule has 0 radical (unpaired) electrons. The molecular weight excluding hydrogens is 605 g/mol. The highest BCUT2D eigenvalue weighted by molar-refractivity contribution is 6.10. The Bertz CT molecular complexity index is 2610. The zero-order chi connectivity index (χ0) is 33.0. The van der Waals surface area contributed by atoms with Gasteiger partial charge in [-0.2, -0.15) is 0 Å². The molecule has 2 atom stereocenters. The summed E-state index contributed by atoms with van der Waals surface area (Å²) in [6.07, 6.45) is 7.25. The van der Waals surface area contributed by atoms with Crippen molar-refractivity contribution in [1.82, 2.24) is 4.57 Å². The Morgan fingerprint density at radius 2 is 1.04 bits per heavy atom. The summed E-state index contributed by atoms with van der Waals surface area (Å²) in [6, 6.07) is 64.1. The maximum atomic E-state index is 2.54. The second-order valence-corrected chi connectivity index (χ2v) is 13.3. The third kappa shape index (κ3) is 4.64. The number of fused-ring (bicyclic) bond motifs is 6. The van der Waals surface area contributed by atoms with Crippen LogP contribution in [0.1, 0.15) is 17.0 Å². The van der Waals surface area contributed by atoms with Crippen LogP contribution in [0.15, 0.2) is 194 Å². The van der Waals surface area contributed by atoms with Crippen molar-refractivity contribution < 1.29 is 0 Å². The summed E-state index contributed by atoms with van der Waals surface area (Å²) in [7, 11) is 0. The van der Waals surface area contributed by atoms with Crippen molar-refractivity contribution in [3.63, 3.8) is 0 Å². The van der Waals surface area contributed by atoms with Gasteiger partial charge in [0, 0.05) is 33.8 Å². The average Bonchev–Trinajstić information content (AvgIpc) is 3.71. The SMILES string of the molecule is C1=CC2c3ccccc3N(c3cccc(-c4ccccc4)c3)C2C=C1c1ccc2c(c1)c1ccccc1n2-c1cccc(-c2ccccc2)c1. The van der Waals surface area contributed by atoms with Crippen LogP contribution in [-0.2, 0) is 0 Å². The molecule has 2 nitrogen and oxygen atoms in total. The summed E-state index contributed by atoms with van der Waals surface area (Å²) in [6.45, 7) is 0. The molecule has 0 bridgehead atoms. The van der Waals surface area contributed by atoms with Crippen molar-refractivity contribution in [2.75, 3.05) is 4.90 Å². The van der Waals surface area contributed by atoms with E-state index in [0.29, 0.717) is 0 Å². The number of nitrogens with zero attached hydrogens (tertiary/aromatic N) is 2. The molecule has 8 aromatic rings. The van der Waals surface area contributed by atoms with E-state index in [1.807, 2.05) is 0 Å². The van der Waals surface area contributed by atoms with Gasteiger partial charge in [0.05, 0.1) is 17.1 Å². The summed E-state index contributed by atoms with van der Waals surface area (Å²) in [4.78, 5) is 2.54. The van der Waals surface area contributed by atoms with Crippen LogP contribution in [0.25, 0.3) is 55.3 Å². The molecule has 2 heterocycles. The first-order valence-corrected chi connectivity index (χ1v) is 17.4. The van der Waals surface area contributed by atoms with Crippen LogP contribution in [0.3, 0.4) is 0 Å².